The molecule has 4 aliphatic rings. The van der Waals surface area contributed by atoms with Gasteiger partial charge >= 0.3 is 12.1 Å². The number of hydrogen-bond acceptors (Lipinski definition) is 10. The standard InChI is InChI=1S/C35H41N7O4/c1-39-15-6-10-28(39)24-45-34-37-31-22-40(19-26-9-5-11-32-29(26)13-18-44-32)21-30(31)33(38-34)41-16-17-42(27(20-41)12-14-36)35(43)46-23-25-7-3-2-4-8-25/h2-5,7-9,11,27-28H,6,10,12-13,15-24H2,1H3/t27-,28-/m0/s1. The Morgan fingerprint density at radius 3 is 2.76 bits per heavy atom. The molecule has 240 valence electrons. The van der Waals surface area contributed by atoms with Crippen molar-refractivity contribution in [3.05, 3.63) is 76.5 Å². The van der Waals surface area contributed by atoms with Crippen LogP contribution >= 0.6 is 0 Å². The molecule has 0 bridgehead atoms. The smallest absolute Gasteiger partial charge is 0.410 e. The Kier molecular flexibility index (Phi) is 8.90. The third-order valence-corrected chi connectivity index (χ3v) is 9.66. The molecule has 0 aliphatic carbocycles. The zero-order valence-electron chi connectivity index (χ0n) is 26.4. The van der Waals surface area contributed by atoms with Crippen molar-refractivity contribution in [2.24, 2.45) is 0 Å². The fourth-order valence-electron chi connectivity index (χ4n) is 7.13. The second-order valence-corrected chi connectivity index (χ2v) is 12.7. The van der Waals surface area contributed by atoms with E-state index in [1.165, 1.54) is 17.5 Å². The fourth-order valence-corrected chi connectivity index (χ4v) is 7.13. The predicted octanol–water partition coefficient (Wildman–Crippen LogP) is 4.14. The first-order chi connectivity index (χ1) is 22.6. The number of ether oxygens (including phenoxy) is 3. The van der Waals surface area contributed by atoms with E-state index in [1.807, 2.05) is 36.4 Å². The van der Waals surface area contributed by atoms with Gasteiger partial charge in [-0.05, 0) is 43.6 Å². The van der Waals surface area contributed by atoms with Gasteiger partial charge in [0, 0.05) is 62.9 Å². The molecular formula is C35H41N7O4. The van der Waals surface area contributed by atoms with E-state index in [1.54, 1.807) is 4.90 Å². The molecule has 1 amide bonds. The minimum Gasteiger partial charge on any atom is -0.493 e. The molecule has 2 fully saturated rings. The Morgan fingerprint density at radius 1 is 1.04 bits per heavy atom. The second-order valence-electron chi connectivity index (χ2n) is 12.7. The molecule has 11 nitrogen and oxygen atoms in total. The van der Waals surface area contributed by atoms with Crippen LogP contribution in [0.2, 0.25) is 0 Å². The number of piperazine rings is 1. The number of nitriles is 1. The van der Waals surface area contributed by atoms with Gasteiger partial charge in [0.2, 0.25) is 0 Å². The van der Waals surface area contributed by atoms with Crippen molar-refractivity contribution < 1.29 is 19.0 Å². The van der Waals surface area contributed by atoms with Gasteiger partial charge in [-0.3, -0.25) is 4.90 Å². The number of rotatable bonds is 9. The monoisotopic (exact) mass is 623 g/mol. The zero-order valence-corrected chi connectivity index (χ0v) is 26.4. The maximum absolute atomic E-state index is 13.2. The number of carbonyl (C=O) groups excluding carboxylic acids is 1. The van der Waals surface area contributed by atoms with Gasteiger partial charge in [0.1, 0.15) is 24.8 Å². The minimum absolute atomic E-state index is 0.196. The second kappa shape index (κ2) is 13.5. The van der Waals surface area contributed by atoms with E-state index in [-0.39, 0.29) is 19.1 Å². The van der Waals surface area contributed by atoms with Crippen molar-refractivity contribution in [3.63, 3.8) is 0 Å². The van der Waals surface area contributed by atoms with E-state index in [9.17, 15) is 10.1 Å². The number of nitrogens with zero attached hydrogens (tertiary/aromatic N) is 7. The van der Waals surface area contributed by atoms with Crippen LogP contribution in [0.3, 0.4) is 0 Å². The number of aromatic nitrogens is 2. The van der Waals surface area contributed by atoms with Crippen LogP contribution in [-0.4, -0.2) is 89.3 Å². The molecule has 4 aliphatic heterocycles. The number of benzene rings is 2. The molecule has 0 unspecified atom stereocenters. The molecular weight excluding hydrogens is 582 g/mol. The number of carbonyl (C=O) groups is 1. The lowest BCUT2D eigenvalue weighted by Crippen LogP contribution is -2.55. The van der Waals surface area contributed by atoms with E-state index in [0.717, 1.165) is 60.9 Å². The number of likely N-dealkylation sites (N-methyl/N-ethyl adjacent to an activating group) is 1. The lowest BCUT2D eigenvalue weighted by molar-refractivity contribution is 0.0767. The molecule has 11 heteroatoms. The Bertz CT molecular complexity index is 1600. The molecule has 1 aromatic heterocycles. The van der Waals surface area contributed by atoms with Crippen LogP contribution < -0.4 is 14.4 Å². The summed E-state index contributed by atoms with van der Waals surface area (Å²) in [6.45, 7) is 6.23. The van der Waals surface area contributed by atoms with Crippen molar-refractivity contribution in [2.45, 2.75) is 64.0 Å². The van der Waals surface area contributed by atoms with E-state index < -0.39 is 6.09 Å². The Hall–Kier alpha value is -4.40. The highest BCUT2D eigenvalue weighted by atomic mass is 16.6. The molecule has 7 rings (SSSR count). The van der Waals surface area contributed by atoms with Gasteiger partial charge in [-0.1, -0.05) is 42.5 Å². The first-order valence-electron chi connectivity index (χ1n) is 16.3. The fraction of sp³-hybridized carbons (Fsp3) is 0.486. The number of fused-ring (bicyclic) bond motifs is 2. The summed E-state index contributed by atoms with van der Waals surface area (Å²) >= 11 is 0. The van der Waals surface area contributed by atoms with Crippen molar-refractivity contribution in [1.82, 2.24) is 24.7 Å². The normalized spacial score (nSPS) is 21.0. The van der Waals surface area contributed by atoms with Crippen LogP contribution in [0.5, 0.6) is 11.8 Å². The van der Waals surface area contributed by atoms with Gasteiger partial charge in [0.05, 0.1) is 30.8 Å². The van der Waals surface area contributed by atoms with E-state index in [2.05, 4.69) is 39.9 Å². The van der Waals surface area contributed by atoms with Crippen LogP contribution in [0.15, 0.2) is 48.5 Å². The average molecular weight is 624 g/mol. The van der Waals surface area contributed by atoms with Crippen LogP contribution in [0.25, 0.3) is 0 Å². The van der Waals surface area contributed by atoms with Crippen molar-refractivity contribution in [1.29, 1.82) is 5.26 Å². The SMILES string of the molecule is CN1CCC[C@H]1COc1nc2c(c(N3CCN(C(=O)OCc4ccccc4)[C@@H](CC#N)C3)n1)CN(Cc1cccc3c1CCO3)C2. The third-order valence-electron chi connectivity index (χ3n) is 9.66. The summed E-state index contributed by atoms with van der Waals surface area (Å²) in [5.74, 6) is 1.83. The maximum atomic E-state index is 13.2. The number of likely N-dealkylation sites (tertiary alicyclic amines) is 1. The molecule has 2 atom stereocenters. The Morgan fingerprint density at radius 2 is 1.93 bits per heavy atom. The van der Waals surface area contributed by atoms with Crippen molar-refractivity contribution in [3.8, 4) is 17.8 Å². The summed E-state index contributed by atoms with van der Waals surface area (Å²) in [4.78, 5) is 31.8. The van der Waals surface area contributed by atoms with Gasteiger partial charge in [0.15, 0.2) is 0 Å². The zero-order chi connectivity index (χ0) is 31.5. The van der Waals surface area contributed by atoms with Gasteiger partial charge in [-0.15, -0.1) is 0 Å². The van der Waals surface area contributed by atoms with E-state index in [0.29, 0.717) is 51.4 Å². The first kappa shape index (κ1) is 30.3. The highest BCUT2D eigenvalue weighted by Gasteiger charge is 2.36. The molecule has 0 saturated carbocycles. The Labute approximate surface area is 270 Å². The Balaban J connectivity index is 1.10. The van der Waals surface area contributed by atoms with Crippen LogP contribution in [0.1, 0.15) is 47.2 Å². The largest absolute Gasteiger partial charge is 0.493 e. The highest BCUT2D eigenvalue weighted by Crippen LogP contribution is 2.35. The minimum atomic E-state index is -0.396. The maximum Gasteiger partial charge on any atom is 0.410 e. The summed E-state index contributed by atoms with van der Waals surface area (Å²) in [5, 5.41) is 9.71. The third kappa shape index (κ3) is 6.46. The molecule has 2 saturated heterocycles. The highest BCUT2D eigenvalue weighted by molar-refractivity contribution is 5.69. The first-order valence-corrected chi connectivity index (χ1v) is 16.3. The summed E-state index contributed by atoms with van der Waals surface area (Å²) in [5.41, 5.74) is 5.57. The predicted molar refractivity (Wildman–Crippen MR) is 171 cm³/mol. The van der Waals surface area contributed by atoms with Gasteiger partial charge < -0.3 is 28.9 Å². The van der Waals surface area contributed by atoms with Crippen LogP contribution in [0.4, 0.5) is 10.6 Å². The van der Waals surface area contributed by atoms with Crippen molar-refractivity contribution in [2.75, 3.05) is 51.3 Å². The van der Waals surface area contributed by atoms with Gasteiger partial charge in [-0.2, -0.15) is 15.2 Å². The molecule has 0 radical (unpaired) electrons. The average Bonchev–Trinajstić information content (AvgIpc) is 3.83. The topological polar surface area (TPSA) is 107 Å². The summed E-state index contributed by atoms with van der Waals surface area (Å²) in [6, 6.07) is 18.7. The summed E-state index contributed by atoms with van der Waals surface area (Å²) in [6.07, 6.45) is 3.01. The quantitative estimate of drug-likeness (QED) is 0.345. The molecule has 2 aromatic carbocycles. The van der Waals surface area contributed by atoms with Gasteiger partial charge in [0.25, 0.3) is 0 Å². The molecule has 0 spiro atoms. The number of amides is 1. The van der Waals surface area contributed by atoms with Gasteiger partial charge in [-0.25, -0.2) is 4.79 Å². The van der Waals surface area contributed by atoms with E-state index in [4.69, 9.17) is 24.2 Å². The molecule has 5 heterocycles. The summed E-state index contributed by atoms with van der Waals surface area (Å²) < 4.78 is 17.8. The lowest BCUT2D eigenvalue weighted by Gasteiger charge is -2.41. The number of hydrogen-bond donors (Lipinski definition) is 0. The molecule has 46 heavy (non-hydrogen) atoms. The molecule has 0 N–H and O–H groups in total. The van der Waals surface area contributed by atoms with Crippen molar-refractivity contribution >= 4 is 11.9 Å². The molecule has 3 aromatic rings. The lowest BCUT2D eigenvalue weighted by atomic mass is 10.0. The summed E-state index contributed by atoms with van der Waals surface area (Å²) in [7, 11) is 2.14. The number of anilines is 1. The van der Waals surface area contributed by atoms with Crippen LogP contribution in [0, 0.1) is 11.3 Å². The van der Waals surface area contributed by atoms with Crippen LogP contribution in [-0.2, 0) is 37.4 Å². The van der Waals surface area contributed by atoms with E-state index >= 15 is 0 Å².